The van der Waals surface area contributed by atoms with E-state index in [1.165, 1.54) is 27.8 Å². The van der Waals surface area contributed by atoms with Gasteiger partial charge in [-0.1, -0.05) is 48.5 Å². The lowest BCUT2D eigenvalue weighted by atomic mass is 9.98. The fourth-order valence-electron chi connectivity index (χ4n) is 2.73. The van der Waals surface area contributed by atoms with Crippen molar-refractivity contribution in [3.63, 3.8) is 0 Å². The zero-order valence-electron chi connectivity index (χ0n) is 13.3. The second-order valence-corrected chi connectivity index (χ2v) is 5.47. The molecule has 0 saturated carbocycles. The van der Waals surface area contributed by atoms with Crippen molar-refractivity contribution in [1.82, 2.24) is 0 Å². The van der Waals surface area contributed by atoms with Crippen LogP contribution < -0.4 is 0 Å². The van der Waals surface area contributed by atoms with Crippen LogP contribution in [0.1, 0.15) is 25.5 Å². The summed E-state index contributed by atoms with van der Waals surface area (Å²) in [6.07, 6.45) is 1.26. The summed E-state index contributed by atoms with van der Waals surface area (Å²) in [5, 5.41) is 4.90. The molecule has 0 aliphatic rings. The van der Waals surface area contributed by atoms with E-state index in [0.29, 0.717) is 6.61 Å². The van der Waals surface area contributed by atoms with Crippen molar-refractivity contribution in [2.75, 3.05) is 6.61 Å². The molecule has 0 radical (unpaired) electrons. The van der Waals surface area contributed by atoms with Crippen LogP contribution in [0.25, 0.3) is 21.5 Å². The van der Waals surface area contributed by atoms with Crippen LogP contribution in [0.5, 0.6) is 0 Å². The van der Waals surface area contributed by atoms with Gasteiger partial charge >= 0.3 is 5.97 Å². The first-order valence-corrected chi connectivity index (χ1v) is 7.80. The van der Waals surface area contributed by atoms with E-state index in [4.69, 9.17) is 4.74 Å². The van der Waals surface area contributed by atoms with E-state index < -0.39 is 5.97 Å². The first kappa shape index (κ1) is 15.2. The number of benzene rings is 3. The van der Waals surface area contributed by atoms with Gasteiger partial charge in [-0.2, -0.15) is 0 Å². The maximum absolute atomic E-state index is 11.4. The van der Waals surface area contributed by atoms with Crippen molar-refractivity contribution >= 4 is 33.7 Å². The molecular formula is C20H19NO2. The first-order valence-electron chi connectivity index (χ1n) is 7.80. The Labute approximate surface area is 135 Å². The van der Waals surface area contributed by atoms with Gasteiger partial charge in [-0.15, -0.1) is 0 Å². The molecule has 0 heterocycles. The summed E-state index contributed by atoms with van der Waals surface area (Å²) in [6, 6.07) is 18.9. The van der Waals surface area contributed by atoms with E-state index in [0.717, 1.165) is 5.56 Å². The number of carbonyl (C=O) groups excluding carboxylic acids is 1. The van der Waals surface area contributed by atoms with Gasteiger partial charge in [0.2, 0.25) is 0 Å². The molecule has 0 aliphatic heterocycles. The van der Waals surface area contributed by atoms with Crippen molar-refractivity contribution in [2.45, 2.75) is 19.9 Å². The molecular weight excluding hydrogens is 286 g/mol. The summed E-state index contributed by atoms with van der Waals surface area (Å²) in [4.78, 5) is 15.6. The average molecular weight is 305 g/mol. The van der Waals surface area contributed by atoms with Gasteiger partial charge < -0.3 is 4.74 Å². The fourth-order valence-corrected chi connectivity index (χ4v) is 2.73. The molecule has 3 nitrogen and oxygen atoms in total. The minimum atomic E-state index is -0.397. The number of fused-ring (bicyclic) bond motifs is 3. The lowest BCUT2D eigenvalue weighted by molar-refractivity contribution is -0.134. The van der Waals surface area contributed by atoms with Crippen molar-refractivity contribution in [3.05, 3.63) is 60.2 Å². The Hall–Kier alpha value is -2.68. The van der Waals surface area contributed by atoms with Crippen LogP contribution in [0, 0.1) is 0 Å². The molecule has 0 bridgehead atoms. The number of hydrogen-bond donors (Lipinski definition) is 0. The van der Waals surface area contributed by atoms with Crippen LogP contribution >= 0.6 is 0 Å². The third-order valence-electron chi connectivity index (χ3n) is 3.94. The van der Waals surface area contributed by atoms with E-state index in [2.05, 4.69) is 59.6 Å². The van der Waals surface area contributed by atoms with Crippen LogP contribution in [-0.2, 0) is 9.53 Å². The molecule has 3 heteroatoms. The maximum Gasteiger partial charge on any atom is 0.348 e. The van der Waals surface area contributed by atoms with Crippen LogP contribution in [0.15, 0.2) is 59.6 Å². The zero-order valence-corrected chi connectivity index (χ0v) is 13.3. The van der Waals surface area contributed by atoms with Crippen LogP contribution in [0.4, 0.5) is 0 Å². The van der Waals surface area contributed by atoms with E-state index in [1.807, 2.05) is 6.92 Å². The van der Waals surface area contributed by atoms with E-state index >= 15 is 0 Å². The number of hydrogen-bond acceptors (Lipinski definition) is 3. The number of rotatable bonds is 4. The lowest BCUT2D eigenvalue weighted by Gasteiger charge is -2.10. The number of carbonyl (C=O) groups is 1. The Morgan fingerprint density at radius 1 is 1.09 bits per heavy atom. The van der Waals surface area contributed by atoms with Crippen molar-refractivity contribution in [2.24, 2.45) is 4.99 Å². The van der Waals surface area contributed by atoms with Crippen LogP contribution in [-0.4, -0.2) is 18.8 Å². The van der Waals surface area contributed by atoms with Crippen LogP contribution in [0.2, 0.25) is 0 Å². The summed E-state index contributed by atoms with van der Waals surface area (Å²) in [6.45, 7) is 4.11. The monoisotopic (exact) mass is 305 g/mol. The van der Waals surface area contributed by atoms with Gasteiger partial charge in [0.15, 0.2) is 0 Å². The number of ether oxygens (including phenoxy) is 1. The summed E-state index contributed by atoms with van der Waals surface area (Å²) >= 11 is 0. The second kappa shape index (κ2) is 6.61. The summed E-state index contributed by atoms with van der Waals surface area (Å²) in [7, 11) is 0. The quantitative estimate of drug-likeness (QED) is 0.398. The highest BCUT2D eigenvalue weighted by Crippen LogP contribution is 2.28. The Morgan fingerprint density at radius 2 is 1.83 bits per heavy atom. The van der Waals surface area contributed by atoms with Gasteiger partial charge in [0.05, 0.1) is 12.6 Å². The van der Waals surface area contributed by atoms with Gasteiger partial charge in [-0.05, 0) is 47.0 Å². The molecule has 116 valence electrons. The Balaban J connectivity index is 1.94. The molecule has 0 amide bonds. The molecule has 3 rings (SSSR count). The van der Waals surface area contributed by atoms with Crippen molar-refractivity contribution in [1.29, 1.82) is 0 Å². The van der Waals surface area contributed by atoms with E-state index in [-0.39, 0.29) is 6.04 Å². The van der Waals surface area contributed by atoms with Crippen LogP contribution in [0.3, 0.4) is 0 Å². The SMILES string of the molecule is CCOC(=O)C=NC(C)c1ccc2c(ccc3ccccc32)c1. The van der Waals surface area contributed by atoms with Gasteiger partial charge in [-0.3, -0.25) is 4.99 Å². The van der Waals surface area contributed by atoms with Gasteiger partial charge in [0, 0.05) is 0 Å². The number of aliphatic imine (C=N–C) groups is 1. The maximum atomic E-state index is 11.4. The molecule has 23 heavy (non-hydrogen) atoms. The third-order valence-corrected chi connectivity index (χ3v) is 3.94. The van der Waals surface area contributed by atoms with E-state index in [9.17, 15) is 4.79 Å². The lowest BCUT2D eigenvalue weighted by Crippen LogP contribution is -2.05. The molecule has 3 aromatic carbocycles. The molecule has 0 spiro atoms. The largest absolute Gasteiger partial charge is 0.462 e. The minimum absolute atomic E-state index is 0.0877. The molecule has 0 saturated heterocycles. The van der Waals surface area contributed by atoms with Crippen molar-refractivity contribution in [3.8, 4) is 0 Å². The first-order chi connectivity index (χ1) is 11.2. The van der Waals surface area contributed by atoms with E-state index in [1.54, 1.807) is 6.92 Å². The topological polar surface area (TPSA) is 38.7 Å². The van der Waals surface area contributed by atoms with Crippen molar-refractivity contribution < 1.29 is 9.53 Å². The zero-order chi connectivity index (χ0) is 16.2. The highest BCUT2D eigenvalue weighted by molar-refractivity contribution is 6.23. The molecule has 0 aromatic heterocycles. The third kappa shape index (κ3) is 3.24. The predicted octanol–water partition coefficient (Wildman–Crippen LogP) is 4.69. The highest BCUT2D eigenvalue weighted by atomic mass is 16.5. The Kier molecular flexibility index (Phi) is 4.38. The smallest absolute Gasteiger partial charge is 0.348 e. The second-order valence-electron chi connectivity index (χ2n) is 5.47. The Bertz CT molecular complexity index is 883. The molecule has 1 atom stereocenters. The molecule has 0 aliphatic carbocycles. The normalized spacial score (nSPS) is 12.8. The molecule has 1 unspecified atom stereocenters. The van der Waals surface area contributed by atoms with Gasteiger partial charge in [-0.25, -0.2) is 4.79 Å². The van der Waals surface area contributed by atoms with Gasteiger partial charge in [0.1, 0.15) is 6.21 Å². The van der Waals surface area contributed by atoms with Gasteiger partial charge in [0.25, 0.3) is 0 Å². The average Bonchev–Trinajstić information content (AvgIpc) is 2.59. The molecule has 0 fully saturated rings. The molecule has 3 aromatic rings. The summed E-state index contributed by atoms with van der Waals surface area (Å²) < 4.78 is 4.86. The summed E-state index contributed by atoms with van der Waals surface area (Å²) in [5.41, 5.74) is 1.08. The number of esters is 1. The minimum Gasteiger partial charge on any atom is -0.462 e. The number of nitrogens with zero attached hydrogens (tertiary/aromatic N) is 1. The Morgan fingerprint density at radius 3 is 2.65 bits per heavy atom. The standard InChI is InChI=1S/C20H19NO2/c1-3-23-20(22)13-21-14(2)16-10-11-19-17(12-16)9-8-15-6-4-5-7-18(15)19/h4-14H,3H2,1-2H3. The fraction of sp³-hybridized carbons (Fsp3) is 0.200. The summed E-state index contributed by atoms with van der Waals surface area (Å²) in [5.74, 6) is -0.397. The molecule has 0 N–H and O–H groups in total. The predicted molar refractivity (Wildman–Crippen MR) is 95.0 cm³/mol. The highest BCUT2D eigenvalue weighted by Gasteiger charge is 2.07.